The number of benzene rings is 1. The minimum absolute atomic E-state index is 0.168. The predicted molar refractivity (Wildman–Crippen MR) is 82.3 cm³/mol. The Morgan fingerprint density at radius 3 is 2.53 bits per heavy atom. The van der Waals surface area contributed by atoms with E-state index in [4.69, 9.17) is 5.73 Å². The first kappa shape index (κ1) is 15.5. The summed E-state index contributed by atoms with van der Waals surface area (Å²) in [6, 6.07) is 7.45. The van der Waals surface area contributed by atoms with Gasteiger partial charge in [-0.25, -0.2) is 0 Å². The molecule has 2 N–H and O–H groups in total. The number of nitrogens with zero attached hydrogens (tertiary/aromatic N) is 1. The molecule has 1 aromatic rings. The Labute approximate surface area is 116 Å². The van der Waals surface area contributed by atoms with Gasteiger partial charge in [-0.15, -0.1) is 0 Å². The third-order valence-electron chi connectivity index (χ3n) is 3.38. The SMILES string of the molecule is CCCCCCCCC(=O)N(C)c1cccc(N)c1. The summed E-state index contributed by atoms with van der Waals surface area (Å²) >= 11 is 0. The molecule has 1 amide bonds. The zero-order valence-corrected chi connectivity index (χ0v) is 12.2. The molecule has 0 unspecified atom stereocenters. The highest BCUT2D eigenvalue weighted by Crippen LogP contribution is 2.17. The van der Waals surface area contributed by atoms with Gasteiger partial charge in [0.15, 0.2) is 0 Å². The molecule has 3 nitrogen and oxygen atoms in total. The van der Waals surface area contributed by atoms with Crippen LogP contribution in [0.1, 0.15) is 51.9 Å². The number of nitrogen functional groups attached to an aromatic ring is 1. The Hall–Kier alpha value is -1.51. The normalized spacial score (nSPS) is 10.4. The third-order valence-corrected chi connectivity index (χ3v) is 3.38. The van der Waals surface area contributed by atoms with Gasteiger partial charge in [-0.2, -0.15) is 0 Å². The van der Waals surface area contributed by atoms with Gasteiger partial charge in [0.05, 0.1) is 0 Å². The molecule has 0 aliphatic rings. The zero-order chi connectivity index (χ0) is 14.1. The number of amides is 1. The van der Waals surface area contributed by atoms with E-state index < -0.39 is 0 Å². The second kappa shape index (κ2) is 8.57. The molecule has 0 saturated heterocycles. The molecule has 0 spiro atoms. The summed E-state index contributed by atoms with van der Waals surface area (Å²) in [4.78, 5) is 13.7. The highest BCUT2D eigenvalue weighted by Gasteiger charge is 2.10. The molecule has 0 fully saturated rings. The Bertz CT molecular complexity index is 390. The van der Waals surface area contributed by atoms with Gasteiger partial charge in [0.2, 0.25) is 5.91 Å². The lowest BCUT2D eigenvalue weighted by Crippen LogP contribution is -2.25. The van der Waals surface area contributed by atoms with Gasteiger partial charge in [0.1, 0.15) is 0 Å². The summed E-state index contributed by atoms with van der Waals surface area (Å²) in [6.45, 7) is 2.21. The van der Waals surface area contributed by atoms with Crippen molar-refractivity contribution in [3.8, 4) is 0 Å². The molecule has 0 aliphatic carbocycles. The van der Waals surface area contributed by atoms with Crippen LogP contribution in [0.15, 0.2) is 24.3 Å². The molecule has 0 atom stereocenters. The molecule has 1 rings (SSSR count). The van der Waals surface area contributed by atoms with Crippen LogP contribution in [0.5, 0.6) is 0 Å². The zero-order valence-electron chi connectivity index (χ0n) is 12.2. The number of hydrogen-bond acceptors (Lipinski definition) is 2. The van der Waals surface area contributed by atoms with E-state index in [2.05, 4.69) is 6.92 Å². The monoisotopic (exact) mass is 262 g/mol. The van der Waals surface area contributed by atoms with Gasteiger partial charge in [-0.3, -0.25) is 4.79 Å². The van der Waals surface area contributed by atoms with E-state index in [9.17, 15) is 4.79 Å². The second-order valence-corrected chi connectivity index (χ2v) is 5.07. The van der Waals surface area contributed by atoms with E-state index >= 15 is 0 Å². The Morgan fingerprint density at radius 1 is 1.16 bits per heavy atom. The summed E-state index contributed by atoms with van der Waals surface area (Å²) in [6.07, 6.45) is 7.84. The van der Waals surface area contributed by atoms with E-state index in [1.54, 1.807) is 4.90 Å². The largest absolute Gasteiger partial charge is 0.399 e. The number of rotatable bonds is 8. The number of unbranched alkanes of at least 4 members (excludes halogenated alkanes) is 5. The van der Waals surface area contributed by atoms with E-state index in [0.29, 0.717) is 12.1 Å². The van der Waals surface area contributed by atoms with Gasteiger partial charge in [-0.1, -0.05) is 45.1 Å². The molecule has 0 radical (unpaired) electrons. The van der Waals surface area contributed by atoms with Crippen molar-refractivity contribution in [2.24, 2.45) is 0 Å². The quantitative estimate of drug-likeness (QED) is 0.569. The number of hydrogen-bond donors (Lipinski definition) is 1. The first-order valence-electron chi connectivity index (χ1n) is 7.27. The number of anilines is 2. The lowest BCUT2D eigenvalue weighted by Gasteiger charge is -2.17. The molecule has 0 saturated carbocycles. The van der Waals surface area contributed by atoms with E-state index in [1.807, 2.05) is 31.3 Å². The van der Waals surface area contributed by atoms with Crippen molar-refractivity contribution < 1.29 is 4.79 Å². The molecular weight excluding hydrogens is 236 g/mol. The van der Waals surface area contributed by atoms with Crippen LogP contribution in [0.2, 0.25) is 0 Å². The smallest absolute Gasteiger partial charge is 0.226 e. The van der Waals surface area contributed by atoms with Crippen LogP contribution >= 0.6 is 0 Å². The van der Waals surface area contributed by atoms with Crippen molar-refractivity contribution in [2.45, 2.75) is 51.9 Å². The average Bonchev–Trinajstić information content (AvgIpc) is 2.41. The molecule has 106 valence electrons. The van der Waals surface area contributed by atoms with Crippen molar-refractivity contribution in [3.05, 3.63) is 24.3 Å². The maximum absolute atomic E-state index is 12.0. The highest BCUT2D eigenvalue weighted by atomic mass is 16.2. The van der Waals surface area contributed by atoms with Crippen LogP contribution in [0.4, 0.5) is 11.4 Å². The fourth-order valence-corrected chi connectivity index (χ4v) is 2.10. The summed E-state index contributed by atoms with van der Waals surface area (Å²) in [7, 11) is 1.81. The van der Waals surface area contributed by atoms with E-state index in [1.165, 1.54) is 25.7 Å². The molecule has 0 heterocycles. The first-order valence-corrected chi connectivity index (χ1v) is 7.27. The van der Waals surface area contributed by atoms with Gasteiger partial charge in [0.25, 0.3) is 0 Å². The van der Waals surface area contributed by atoms with Crippen molar-refractivity contribution in [1.29, 1.82) is 0 Å². The fraction of sp³-hybridized carbons (Fsp3) is 0.562. The Balaban J connectivity index is 2.29. The van der Waals surface area contributed by atoms with Crippen LogP contribution in [0.3, 0.4) is 0 Å². The highest BCUT2D eigenvalue weighted by molar-refractivity contribution is 5.93. The molecule has 0 aromatic heterocycles. The molecule has 3 heteroatoms. The van der Waals surface area contributed by atoms with E-state index in [-0.39, 0.29) is 5.91 Å². The van der Waals surface area contributed by atoms with Gasteiger partial charge in [-0.05, 0) is 24.6 Å². The first-order chi connectivity index (χ1) is 9.15. The lowest BCUT2D eigenvalue weighted by atomic mass is 10.1. The second-order valence-electron chi connectivity index (χ2n) is 5.07. The maximum Gasteiger partial charge on any atom is 0.226 e. The Kier molecular flexibility index (Phi) is 7.01. The lowest BCUT2D eigenvalue weighted by molar-refractivity contribution is -0.118. The standard InChI is InChI=1S/C16H26N2O/c1-3-4-5-6-7-8-12-16(19)18(2)15-11-9-10-14(17)13-15/h9-11,13H,3-8,12,17H2,1-2H3. The van der Waals surface area contributed by atoms with Gasteiger partial charge < -0.3 is 10.6 Å². The van der Waals surface area contributed by atoms with Crippen LogP contribution in [0, 0.1) is 0 Å². The van der Waals surface area contributed by atoms with Crippen molar-refractivity contribution in [3.63, 3.8) is 0 Å². The summed E-state index contributed by atoms with van der Waals surface area (Å²) in [5, 5.41) is 0. The average molecular weight is 262 g/mol. The topological polar surface area (TPSA) is 46.3 Å². The van der Waals surface area contributed by atoms with Crippen LogP contribution in [-0.4, -0.2) is 13.0 Å². The summed E-state index contributed by atoms with van der Waals surface area (Å²) in [5.74, 6) is 0.168. The van der Waals surface area contributed by atoms with Crippen molar-refractivity contribution in [2.75, 3.05) is 17.7 Å². The van der Waals surface area contributed by atoms with E-state index in [0.717, 1.165) is 18.5 Å². The minimum atomic E-state index is 0.168. The molecule has 19 heavy (non-hydrogen) atoms. The molecule has 0 aliphatic heterocycles. The predicted octanol–water partition coefficient (Wildman–Crippen LogP) is 3.98. The number of carbonyl (C=O) groups excluding carboxylic acids is 1. The Morgan fingerprint density at radius 2 is 1.84 bits per heavy atom. The van der Waals surface area contributed by atoms with Crippen molar-refractivity contribution >= 4 is 17.3 Å². The van der Waals surface area contributed by atoms with Crippen LogP contribution < -0.4 is 10.6 Å². The fourth-order valence-electron chi connectivity index (χ4n) is 2.10. The van der Waals surface area contributed by atoms with Crippen molar-refractivity contribution in [1.82, 2.24) is 0 Å². The minimum Gasteiger partial charge on any atom is -0.399 e. The molecule has 1 aromatic carbocycles. The summed E-state index contributed by atoms with van der Waals surface area (Å²) < 4.78 is 0. The van der Waals surface area contributed by atoms with Gasteiger partial charge in [0, 0.05) is 24.8 Å². The maximum atomic E-state index is 12.0. The number of nitrogens with two attached hydrogens (primary N) is 1. The summed E-state index contributed by atoms with van der Waals surface area (Å²) in [5.41, 5.74) is 7.29. The third kappa shape index (κ3) is 5.77. The van der Waals surface area contributed by atoms with Crippen LogP contribution in [0.25, 0.3) is 0 Å². The number of carbonyl (C=O) groups is 1. The van der Waals surface area contributed by atoms with Crippen LogP contribution in [-0.2, 0) is 4.79 Å². The molecule has 0 bridgehead atoms. The van der Waals surface area contributed by atoms with Gasteiger partial charge >= 0.3 is 0 Å². The molecular formula is C16H26N2O.